The van der Waals surface area contributed by atoms with Crippen molar-refractivity contribution in [2.75, 3.05) is 6.54 Å². The number of carbonyl (C=O) groups is 1. The molecule has 2 heterocycles. The van der Waals surface area contributed by atoms with Gasteiger partial charge in [0.15, 0.2) is 0 Å². The minimum atomic E-state index is 0.0370. The summed E-state index contributed by atoms with van der Waals surface area (Å²) < 4.78 is 2.00. The molecule has 2 aromatic heterocycles. The van der Waals surface area contributed by atoms with E-state index in [4.69, 9.17) is 0 Å². The van der Waals surface area contributed by atoms with Crippen LogP contribution in [0.4, 0.5) is 0 Å². The Labute approximate surface area is 110 Å². The Morgan fingerprint density at radius 1 is 1.56 bits per heavy atom. The highest BCUT2D eigenvalue weighted by molar-refractivity contribution is 7.09. The van der Waals surface area contributed by atoms with Gasteiger partial charge >= 0.3 is 0 Å². The van der Waals surface area contributed by atoms with E-state index in [1.807, 2.05) is 23.1 Å². The first-order chi connectivity index (χ1) is 8.74. The fourth-order valence-corrected chi connectivity index (χ4v) is 2.36. The van der Waals surface area contributed by atoms with Crippen molar-refractivity contribution in [3.05, 3.63) is 34.8 Å². The van der Waals surface area contributed by atoms with Gasteiger partial charge in [0.25, 0.3) is 0 Å². The predicted molar refractivity (Wildman–Crippen MR) is 70.4 cm³/mol. The number of thiazole rings is 1. The van der Waals surface area contributed by atoms with E-state index in [1.54, 1.807) is 12.5 Å². The SMILES string of the molecule is Cc1csc(CC(=O)NCCCn2ccnc2)n1. The molecular weight excluding hydrogens is 248 g/mol. The van der Waals surface area contributed by atoms with Crippen LogP contribution in [-0.2, 0) is 17.8 Å². The molecule has 0 aliphatic rings. The molecule has 0 saturated heterocycles. The van der Waals surface area contributed by atoms with Gasteiger partial charge in [-0.3, -0.25) is 4.79 Å². The third-order valence-electron chi connectivity index (χ3n) is 2.45. The highest BCUT2D eigenvalue weighted by atomic mass is 32.1. The van der Waals surface area contributed by atoms with Crippen molar-refractivity contribution < 1.29 is 4.79 Å². The monoisotopic (exact) mass is 264 g/mol. The van der Waals surface area contributed by atoms with Crippen molar-refractivity contribution in [1.82, 2.24) is 19.9 Å². The molecule has 0 aromatic carbocycles. The zero-order valence-electron chi connectivity index (χ0n) is 10.3. The number of hydrogen-bond donors (Lipinski definition) is 1. The number of hydrogen-bond acceptors (Lipinski definition) is 4. The Morgan fingerprint density at radius 3 is 3.11 bits per heavy atom. The van der Waals surface area contributed by atoms with Gasteiger partial charge in [-0.25, -0.2) is 9.97 Å². The number of imidazole rings is 1. The number of nitrogens with zero attached hydrogens (tertiary/aromatic N) is 3. The van der Waals surface area contributed by atoms with Gasteiger partial charge in [0.05, 0.1) is 12.7 Å². The van der Waals surface area contributed by atoms with Gasteiger partial charge in [-0.1, -0.05) is 0 Å². The first-order valence-electron chi connectivity index (χ1n) is 5.87. The highest BCUT2D eigenvalue weighted by Crippen LogP contribution is 2.08. The highest BCUT2D eigenvalue weighted by Gasteiger charge is 2.05. The molecule has 0 unspecified atom stereocenters. The molecule has 0 aliphatic carbocycles. The van der Waals surface area contributed by atoms with Crippen LogP contribution in [0.2, 0.25) is 0 Å². The fourth-order valence-electron chi connectivity index (χ4n) is 1.59. The normalized spacial score (nSPS) is 10.5. The number of aryl methyl sites for hydroxylation is 2. The van der Waals surface area contributed by atoms with Crippen LogP contribution in [0.1, 0.15) is 17.1 Å². The summed E-state index contributed by atoms with van der Waals surface area (Å²) in [7, 11) is 0. The molecule has 1 N–H and O–H groups in total. The van der Waals surface area contributed by atoms with E-state index >= 15 is 0 Å². The van der Waals surface area contributed by atoms with E-state index in [9.17, 15) is 4.79 Å². The van der Waals surface area contributed by atoms with E-state index in [-0.39, 0.29) is 5.91 Å². The maximum absolute atomic E-state index is 11.6. The number of rotatable bonds is 6. The molecule has 0 spiro atoms. The summed E-state index contributed by atoms with van der Waals surface area (Å²) >= 11 is 1.53. The molecule has 0 aliphatic heterocycles. The Hall–Kier alpha value is -1.69. The smallest absolute Gasteiger partial charge is 0.226 e. The number of carbonyl (C=O) groups excluding carboxylic acids is 1. The van der Waals surface area contributed by atoms with Gasteiger partial charge in [0.1, 0.15) is 5.01 Å². The third-order valence-corrected chi connectivity index (χ3v) is 3.42. The summed E-state index contributed by atoms with van der Waals surface area (Å²) in [5.41, 5.74) is 0.975. The summed E-state index contributed by atoms with van der Waals surface area (Å²) in [6.45, 7) is 3.49. The Bertz CT molecular complexity index is 492. The Morgan fingerprint density at radius 2 is 2.44 bits per heavy atom. The summed E-state index contributed by atoms with van der Waals surface area (Å²) in [5.74, 6) is 0.0370. The quantitative estimate of drug-likeness (QED) is 0.802. The van der Waals surface area contributed by atoms with E-state index in [0.29, 0.717) is 13.0 Å². The molecular formula is C12H16N4OS. The molecule has 6 heteroatoms. The zero-order valence-corrected chi connectivity index (χ0v) is 11.1. The largest absolute Gasteiger partial charge is 0.356 e. The van der Waals surface area contributed by atoms with Gasteiger partial charge in [-0.15, -0.1) is 11.3 Å². The average Bonchev–Trinajstić information content (AvgIpc) is 2.96. The van der Waals surface area contributed by atoms with Crippen molar-refractivity contribution >= 4 is 17.2 Å². The van der Waals surface area contributed by atoms with E-state index in [2.05, 4.69) is 15.3 Å². The maximum atomic E-state index is 11.6. The number of nitrogens with one attached hydrogen (secondary N) is 1. The van der Waals surface area contributed by atoms with Gasteiger partial charge < -0.3 is 9.88 Å². The number of amides is 1. The van der Waals surface area contributed by atoms with Crippen LogP contribution in [0.15, 0.2) is 24.1 Å². The summed E-state index contributed by atoms with van der Waals surface area (Å²) in [6.07, 6.45) is 6.73. The van der Waals surface area contributed by atoms with Crippen LogP contribution in [0, 0.1) is 6.92 Å². The molecule has 18 heavy (non-hydrogen) atoms. The maximum Gasteiger partial charge on any atom is 0.226 e. The number of aromatic nitrogens is 3. The van der Waals surface area contributed by atoms with Crippen molar-refractivity contribution in [2.45, 2.75) is 26.3 Å². The van der Waals surface area contributed by atoms with Gasteiger partial charge in [-0.2, -0.15) is 0 Å². The topological polar surface area (TPSA) is 59.8 Å². The summed E-state index contributed by atoms with van der Waals surface area (Å²) in [6, 6.07) is 0. The lowest BCUT2D eigenvalue weighted by Crippen LogP contribution is -2.26. The first kappa shape index (κ1) is 12.8. The molecule has 1 amide bonds. The van der Waals surface area contributed by atoms with E-state index in [1.165, 1.54) is 11.3 Å². The molecule has 2 aromatic rings. The van der Waals surface area contributed by atoms with Gasteiger partial charge in [-0.05, 0) is 13.3 Å². The second-order valence-electron chi connectivity index (χ2n) is 4.06. The van der Waals surface area contributed by atoms with Gasteiger partial charge in [0.2, 0.25) is 5.91 Å². The van der Waals surface area contributed by atoms with E-state index in [0.717, 1.165) is 23.7 Å². The van der Waals surface area contributed by atoms with Crippen LogP contribution in [-0.4, -0.2) is 27.0 Å². The molecule has 5 nitrogen and oxygen atoms in total. The Balaban J connectivity index is 1.63. The summed E-state index contributed by atoms with van der Waals surface area (Å²) in [5, 5.41) is 5.73. The second kappa shape index (κ2) is 6.30. The molecule has 0 atom stereocenters. The van der Waals surface area contributed by atoms with Crippen LogP contribution < -0.4 is 5.32 Å². The van der Waals surface area contributed by atoms with Crippen molar-refractivity contribution in [3.63, 3.8) is 0 Å². The lowest BCUT2D eigenvalue weighted by molar-refractivity contribution is -0.120. The average molecular weight is 264 g/mol. The minimum Gasteiger partial charge on any atom is -0.356 e. The van der Waals surface area contributed by atoms with E-state index < -0.39 is 0 Å². The molecule has 2 rings (SSSR count). The van der Waals surface area contributed by atoms with Crippen molar-refractivity contribution in [1.29, 1.82) is 0 Å². The predicted octanol–water partition coefficient (Wildman–Crippen LogP) is 1.40. The molecule has 0 fully saturated rings. The molecule has 0 radical (unpaired) electrons. The zero-order chi connectivity index (χ0) is 12.8. The third kappa shape index (κ3) is 3.96. The lowest BCUT2D eigenvalue weighted by atomic mass is 10.3. The standard InChI is InChI=1S/C12H16N4OS/c1-10-8-18-12(15-10)7-11(17)14-3-2-5-16-6-4-13-9-16/h4,6,8-9H,2-3,5,7H2,1H3,(H,14,17). The molecule has 0 bridgehead atoms. The first-order valence-corrected chi connectivity index (χ1v) is 6.75. The Kier molecular flexibility index (Phi) is 4.46. The molecule has 0 saturated carbocycles. The van der Waals surface area contributed by atoms with Crippen LogP contribution in [0.25, 0.3) is 0 Å². The minimum absolute atomic E-state index is 0.0370. The van der Waals surface area contributed by atoms with Crippen LogP contribution in [0.5, 0.6) is 0 Å². The van der Waals surface area contributed by atoms with Gasteiger partial charge in [0, 0.05) is 36.6 Å². The summed E-state index contributed by atoms with van der Waals surface area (Å²) in [4.78, 5) is 19.8. The molecule has 96 valence electrons. The van der Waals surface area contributed by atoms with Crippen LogP contribution in [0.3, 0.4) is 0 Å². The second-order valence-corrected chi connectivity index (χ2v) is 5.01. The lowest BCUT2D eigenvalue weighted by Gasteiger charge is -2.04. The van der Waals surface area contributed by atoms with Crippen molar-refractivity contribution in [3.8, 4) is 0 Å². The van der Waals surface area contributed by atoms with Crippen LogP contribution >= 0.6 is 11.3 Å². The fraction of sp³-hybridized carbons (Fsp3) is 0.417. The van der Waals surface area contributed by atoms with Crippen molar-refractivity contribution in [2.24, 2.45) is 0 Å².